The van der Waals surface area contributed by atoms with Crippen LogP contribution in [0.2, 0.25) is 0 Å². The van der Waals surface area contributed by atoms with E-state index in [1.165, 1.54) is 6.33 Å². The smallest absolute Gasteiger partial charge is 0.869 e. The molecule has 0 aliphatic carbocycles. The molecule has 1 radical (unpaired) electrons. The van der Waals surface area contributed by atoms with Crippen LogP contribution in [-0.2, 0) is 26.7 Å². The molecule has 1 rings (SSSR count). The molecule has 0 spiro atoms. The monoisotopic (exact) mass is 571 g/mol. The molecule has 0 aromatic carbocycles. The first-order valence-corrected chi connectivity index (χ1v) is 7.36. The minimum atomic E-state index is -5.46. The first kappa shape index (κ1) is 35.8. The Morgan fingerprint density at radius 3 is 1.21 bits per heavy atom. The predicted molar refractivity (Wildman–Crippen MR) is 77.2 cm³/mol. The predicted octanol–water partition coefficient (Wildman–Crippen LogP) is 2.63. The quantitative estimate of drug-likeness (QED) is 0.234. The fraction of sp³-hybridized carbons (Fsp3) is 0.333. The summed E-state index contributed by atoms with van der Waals surface area (Å²) in [6.45, 7) is 1.93. The van der Waals surface area contributed by atoms with E-state index in [0.29, 0.717) is 0 Å². The summed E-state index contributed by atoms with van der Waals surface area (Å²) in [4.78, 5) is 27.2. The van der Waals surface area contributed by atoms with Crippen LogP contribution < -0.4 is 10.2 Å². The van der Waals surface area contributed by atoms with E-state index in [2.05, 4.69) is 9.97 Å². The number of halogens is 12. The minimum absolute atomic E-state index is 0. The number of hydrogen-bond donors (Lipinski definition) is 0. The largest absolute Gasteiger partial charge is 2.00 e. The molecular formula is C15H8CuF12N2O4. The molecule has 0 aliphatic rings. The van der Waals surface area contributed by atoms with Crippen LogP contribution in [0.25, 0.3) is 0 Å². The number of alkyl halides is 12. The second kappa shape index (κ2) is 13.8. The van der Waals surface area contributed by atoms with Gasteiger partial charge in [0.05, 0.1) is 0 Å². The summed E-state index contributed by atoms with van der Waals surface area (Å²) < 4.78 is 136. The second-order valence-corrected chi connectivity index (χ2v) is 5.09. The van der Waals surface area contributed by atoms with Gasteiger partial charge in [-0.25, -0.2) is 9.97 Å². The maximum Gasteiger partial charge on any atom is 2.00 e. The molecule has 0 fully saturated rings. The van der Waals surface area contributed by atoms with Crippen molar-refractivity contribution in [2.75, 3.05) is 0 Å². The van der Waals surface area contributed by atoms with Crippen molar-refractivity contribution in [1.82, 2.24) is 9.97 Å². The minimum Gasteiger partial charge on any atom is -0.869 e. The van der Waals surface area contributed by atoms with Crippen LogP contribution in [-0.4, -0.2) is 46.2 Å². The summed E-state index contributed by atoms with van der Waals surface area (Å²) >= 11 is 0. The molecule has 6 nitrogen and oxygen atoms in total. The Hall–Kier alpha value is -2.82. The molecule has 1 aromatic heterocycles. The van der Waals surface area contributed by atoms with Gasteiger partial charge < -0.3 is 10.2 Å². The molecule has 0 amide bonds. The van der Waals surface area contributed by atoms with Gasteiger partial charge in [-0.1, -0.05) is 0 Å². The summed E-state index contributed by atoms with van der Waals surface area (Å²) in [5, 5.41) is 19.6. The molecule has 0 saturated heterocycles. The van der Waals surface area contributed by atoms with Gasteiger partial charge in [0, 0.05) is 11.9 Å². The van der Waals surface area contributed by atoms with Gasteiger partial charge in [0.25, 0.3) is 11.6 Å². The Balaban J connectivity index is -0.000000435. The van der Waals surface area contributed by atoms with Crippen LogP contribution in [0.5, 0.6) is 0 Å². The molecule has 0 atom stereocenters. The molecule has 1 aromatic rings. The first-order chi connectivity index (χ1) is 14.5. The van der Waals surface area contributed by atoms with E-state index in [1.54, 1.807) is 6.20 Å². The summed E-state index contributed by atoms with van der Waals surface area (Å²) in [6.07, 6.45) is -20.6. The number of carbonyl (C=O) groups is 2. The number of aryl methyl sites for hydroxylation is 1. The average Bonchev–Trinajstić information content (AvgIpc) is 2.60. The van der Waals surface area contributed by atoms with Gasteiger partial charge in [0.1, 0.15) is 6.33 Å². The molecule has 34 heavy (non-hydrogen) atoms. The van der Waals surface area contributed by atoms with E-state index in [9.17, 15) is 72.5 Å². The number of nitrogens with zero attached hydrogens (tertiary/aromatic N) is 2. The van der Waals surface area contributed by atoms with Crippen LogP contribution in [0.3, 0.4) is 0 Å². The molecule has 0 aliphatic heterocycles. The van der Waals surface area contributed by atoms with Crippen LogP contribution in [0.4, 0.5) is 52.7 Å². The van der Waals surface area contributed by atoms with Crippen LogP contribution in [0.1, 0.15) is 5.69 Å². The van der Waals surface area contributed by atoms with Crippen molar-refractivity contribution in [3.63, 3.8) is 0 Å². The van der Waals surface area contributed by atoms with Crippen LogP contribution in [0, 0.1) is 6.92 Å². The van der Waals surface area contributed by atoms with Gasteiger partial charge in [-0.3, -0.25) is 9.59 Å². The Kier molecular flexibility index (Phi) is 14.5. The molecule has 0 N–H and O–H groups in total. The first-order valence-electron chi connectivity index (χ1n) is 7.36. The van der Waals surface area contributed by atoms with Gasteiger partial charge in [-0.05, 0) is 36.7 Å². The summed E-state index contributed by atoms with van der Waals surface area (Å²) in [5.41, 5.74) is 1.01. The third kappa shape index (κ3) is 16.8. The molecule has 0 bridgehead atoms. The Morgan fingerprint density at radius 2 is 1.06 bits per heavy atom. The number of rotatable bonds is 2. The van der Waals surface area contributed by atoms with Crippen LogP contribution in [0.15, 0.2) is 42.3 Å². The standard InChI is InChI=1S/2C5H2F6O2.C5H6N2.Cu/c2*6-4(7,8)2(12)1-3(13)5(9,10)11;1-5-2-3-6-4-7-5;/h2*1,12H;2-4H,1H3;/q;;;+2/p-2/b2*2-1-;;. The van der Waals surface area contributed by atoms with E-state index >= 15 is 0 Å². The zero-order valence-electron chi connectivity index (χ0n) is 15.8. The Labute approximate surface area is 191 Å². The van der Waals surface area contributed by atoms with Gasteiger partial charge in [0.2, 0.25) is 0 Å². The zero-order chi connectivity index (χ0) is 26.8. The van der Waals surface area contributed by atoms with E-state index < -0.39 is 59.9 Å². The number of hydrogen-bond acceptors (Lipinski definition) is 6. The van der Waals surface area contributed by atoms with E-state index in [4.69, 9.17) is 0 Å². The number of carbonyl (C=O) groups excluding carboxylic acids is 2. The van der Waals surface area contributed by atoms with Gasteiger partial charge in [-0.2, -0.15) is 52.7 Å². The normalized spacial score (nSPS) is 12.9. The fourth-order valence-electron chi connectivity index (χ4n) is 0.922. The SMILES string of the molecule is Cc1ccncn1.O=C(/C=C(\[O-])C(F)(F)F)C(F)(F)F.O=C(/C=C(\[O-])C(F)(F)F)C(F)(F)F.[Cu+2]. The number of ketones is 2. The third-order valence-electron chi connectivity index (χ3n) is 2.37. The van der Waals surface area contributed by atoms with Crippen molar-refractivity contribution in [2.24, 2.45) is 0 Å². The Bertz CT molecular complexity index is 792. The summed E-state index contributed by atoms with van der Waals surface area (Å²) in [7, 11) is 0. The van der Waals surface area contributed by atoms with Gasteiger partial charge in [0.15, 0.2) is 0 Å². The topological polar surface area (TPSA) is 106 Å². The van der Waals surface area contributed by atoms with Crippen molar-refractivity contribution in [2.45, 2.75) is 31.6 Å². The maximum absolute atomic E-state index is 11.3. The summed E-state index contributed by atoms with van der Waals surface area (Å²) in [6, 6.07) is 1.86. The summed E-state index contributed by atoms with van der Waals surface area (Å²) in [5.74, 6) is -11.3. The van der Waals surface area contributed by atoms with E-state index in [1.807, 2.05) is 13.0 Å². The molecular weight excluding hydrogens is 564 g/mol. The van der Waals surface area contributed by atoms with Crippen molar-refractivity contribution in [1.29, 1.82) is 0 Å². The molecule has 0 saturated carbocycles. The molecule has 1 heterocycles. The van der Waals surface area contributed by atoms with Gasteiger partial charge in [-0.15, -0.1) is 0 Å². The molecule has 19 heteroatoms. The Morgan fingerprint density at radius 1 is 0.735 bits per heavy atom. The van der Waals surface area contributed by atoms with E-state index in [0.717, 1.165) is 5.69 Å². The maximum atomic E-state index is 11.3. The van der Waals surface area contributed by atoms with Gasteiger partial charge >= 0.3 is 41.8 Å². The van der Waals surface area contributed by atoms with Crippen molar-refractivity contribution < 1.29 is 89.6 Å². The van der Waals surface area contributed by atoms with Crippen molar-refractivity contribution in [3.8, 4) is 0 Å². The number of aromatic nitrogens is 2. The third-order valence-corrected chi connectivity index (χ3v) is 2.37. The molecule has 0 unspecified atom stereocenters. The van der Waals surface area contributed by atoms with Crippen molar-refractivity contribution in [3.05, 3.63) is 48.0 Å². The van der Waals surface area contributed by atoms with E-state index in [-0.39, 0.29) is 17.1 Å². The number of allylic oxidation sites excluding steroid dienone is 4. The fourth-order valence-corrected chi connectivity index (χ4v) is 0.922. The molecule has 197 valence electrons. The van der Waals surface area contributed by atoms with Crippen molar-refractivity contribution >= 4 is 11.6 Å². The second-order valence-electron chi connectivity index (χ2n) is 5.09. The zero-order valence-corrected chi connectivity index (χ0v) is 16.7. The van der Waals surface area contributed by atoms with Crippen LogP contribution >= 0.6 is 0 Å². The average molecular weight is 572 g/mol.